The number of anilines is 1. The Hall–Kier alpha value is -2.82. The quantitative estimate of drug-likeness (QED) is 0.640. The zero-order valence-electron chi connectivity index (χ0n) is 18.4. The van der Waals surface area contributed by atoms with E-state index in [1.807, 2.05) is 0 Å². The van der Waals surface area contributed by atoms with Crippen LogP contribution in [-0.4, -0.2) is 35.6 Å². The molecule has 2 aromatic carbocycles. The Bertz CT molecular complexity index is 954. The first kappa shape index (κ1) is 25.4. The van der Waals surface area contributed by atoms with Crippen molar-refractivity contribution in [2.24, 2.45) is 5.92 Å². The fourth-order valence-corrected chi connectivity index (χ4v) is 3.92. The van der Waals surface area contributed by atoms with Gasteiger partial charge >= 0.3 is 6.18 Å². The average Bonchev–Trinajstić information content (AvgIpc) is 2.75. The Morgan fingerprint density at radius 1 is 1.16 bits per heavy atom. The second-order valence-electron chi connectivity index (χ2n) is 7.98. The number of hydrogen-bond donors (Lipinski definition) is 2. The molecular formula is C25H29F3N2O2. The van der Waals surface area contributed by atoms with Gasteiger partial charge in [0.2, 0.25) is 5.91 Å². The molecule has 1 heterocycles. The Kier molecular flexibility index (Phi) is 8.88. The van der Waals surface area contributed by atoms with Crippen LogP contribution in [0.4, 0.5) is 18.9 Å². The van der Waals surface area contributed by atoms with E-state index in [1.165, 1.54) is 35.7 Å². The van der Waals surface area contributed by atoms with Gasteiger partial charge in [0.1, 0.15) is 0 Å². The molecule has 1 atom stereocenters. The normalized spacial score (nSPS) is 14.6. The molecule has 2 N–H and O–H groups in total. The lowest BCUT2D eigenvalue weighted by Crippen LogP contribution is -2.39. The maximum atomic E-state index is 13.1. The number of halogens is 3. The van der Waals surface area contributed by atoms with Crippen LogP contribution in [0.25, 0.3) is 0 Å². The summed E-state index contributed by atoms with van der Waals surface area (Å²) in [6.45, 7) is 5.24. The molecule has 1 aliphatic rings. The number of benzene rings is 2. The highest BCUT2D eigenvalue weighted by molar-refractivity contribution is 5.92. The third-order valence-electron chi connectivity index (χ3n) is 5.59. The second-order valence-corrected chi connectivity index (χ2v) is 7.98. The van der Waals surface area contributed by atoms with Gasteiger partial charge < -0.3 is 10.4 Å². The molecular weight excluding hydrogens is 417 g/mol. The van der Waals surface area contributed by atoms with Crippen molar-refractivity contribution in [3.63, 3.8) is 0 Å². The maximum absolute atomic E-state index is 13.1. The number of aliphatic hydroxyl groups is 1. The lowest BCUT2D eigenvalue weighted by atomic mass is 9.96. The van der Waals surface area contributed by atoms with E-state index in [2.05, 4.69) is 48.2 Å². The van der Waals surface area contributed by atoms with Gasteiger partial charge in [-0.3, -0.25) is 9.69 Å². The minimum atomic E-state index is -4.48. The average molecular weight is 447 g/mol. The van der Waals surface area contributed by atoms with Crippen LogP contribution in [0, 0.1) is 32.6 Å². The van der Waals surface area contributed by atoms with E-state index in [0.29, 0.717) is 13.1 Å². The number of nitrogens with one attached hydrogen (secondary N) is 1. The number of carbonyl (C=O) groups is 1. The zero-order valence-corrected chi connectivity index (χ0v) is 18.4. The Morgan fingerprint density at radius 3 is 2.53 bits per heavy atom. The summed E-state index contributed by atoms with van der Waals surface area (Å²) >= 11 is 0. The molecule has 0 saturated carbocycles. The van der Waals surface area contributed by atoms with Crippen LogP contribution in [0.1, 0.15) is 34.2 Å². The van der Waals surface area contributed by atoms with Crippen molar-refractivity contribution < 1.29 is 23.1 Å². The lowest BCUT2D eigenvalue weighted by Gasteiger charge is -2.31. The summed E-state index contributed by atoms with van der Waals surface area (Å²) in [6, 6.07) is 10.1. The standard InChI is InChI=1S/C23H27F3N2O2.C2H2/c1-15-3-5-18-13-28(9-7-17(18)11-15)14-19(8-10-29)22(30)27-20-6-4-16(2)21(12-20)23(24,25)26;1-2/h3-6,11-12,19,29H,7-10,13-14H2,1-2H3,(H,27,30);1-2H. The third kappa shape index (κ3) is 6.59. The van der Waals surface area contributed by atoms with Crippen molar-refractivity contribution in [3.05, 3.63) is 64.2 Å². The SMILES string of the molecule is C#C.Cc1ccc2c(c1)CCN(CC(CCO)C(=O)Nc1ccc(C)c(C(F)(F)F)c1)C2. The van der Waals surface area contributed by atoms with E-state index in [-0.39, 0.29) is 30.2 Å². The number of alkyl halides is 3. The second kappa shape index (κ2) is 11.2. The fourth-order valence-electron chi connectivity index (χ4n) is 3.92. The van der Waals surface area contributed by atoms with E-state index in [0.717, 1.165) is 19.0 Å². The number of carbonyl (C=O) groups excluding carboxylic acids is 1. The largest absolute Gasteiger partial charge is 0.416 e. The van der Waals surface area contributed by atoms with Crippen LogP contribution in [0.3, 0.4) is 0 Å². The molecule has 32 heavy (non-hydrogen) atoms. The highest BCUT2D eigenvalue weighted by atomic mass is 19.4. The van der Waals surface area contributed by atoms with E-state index in [4.69, 9.17) is 0 Å². The smallest absolute Gasteiger partial charge is 0.396 e. The molecule has 1 amide bonds. The minimum Gasteiger partial charge on any atom is -0.396 e. The zero-order chi connectivity index (χ0) is 23.9. The summed E-state index contributed by atoms with van der Waals surface area (Å²) in [6.07, 6.45) is 4.66. The van der Waals surface area contributed by atoms with Crippen LogP contribution in [0.5, 0.6) is 0 Å². The summed E-state index contributed by atoms with van der Waals surface area (Å²) < 4.78 is 39.4. The number of nitrogens with zero attached hydrogens (tertiary/aromatic N) is 1. The molecule has 0 aliphatic carbocycles. The Balaban J connectivity index is 0.00000176. The van der Waals surface area contributed by atoms with Crippen molar-refractivity contribution in [2.45, 2.75) is 39.4 Å². The van der Waals surface area contributed by atoms with Gasteiger partial charge in [-0.1, -0.05) is 29.8 Å². The molecule has 7 heteroatoms. The van der Waals surface area contributed by atoms with Crippen molar-refractivity contribution in [1.82, 2.24) is 4.90 Å². The summed E-state index contributed by atoms with van der Waals surface area (Å²) in [4.78, 5) is 14.9. The number of terminal acetylenes is 1. The molecule has 0 bridgehead atoms. The molecule has 0 radical (unpaired) electrons. The van der Waals surface area contributed by atoms with Gasteiger partial charge in [0, 0.05) is 31.9 Å². The van der Waals surface area contributed by atoms with Gasteiger partial charge in [-0.05, 0) is 55.5 Å². The van der Waals surface area contributed by atoms with Crippen molar-refractivity contribution in [1.29, 1.82) is 0 Å². The predicted molar refractivity (Wildman–Crippen MR) is 120 cm³/mol. The highest BCUT2D eigenvalue weighted by Crippen LogP contribution is 2.33. The number of rotatable bonds is 6. The monoisotopic (exact) mass is 446 g/mol. The molecule has 172 valence electrons. The fraction of sp³-hybridized carbons (Fsp3) is 0.400. The first-order valence-corrected chi connectivity index (χ1v) is 10.4. The van der Waals surface area contributed by atoms with E-state index in [1.54, 1.807) is 0 Å². The first-order valence-electron chi connectivity index (χ1n) is 10.4. The summed E-state index contributed by atoms with van der Waals surface area (Å²) in [7, 11) is 0. The number of amides is 1. The lowest BCUT2D eigenvalue weighted by molar-refractivity contribution is -0.138. The molecule has 4 nitrogen and oxygen atoms in total. The number of aryl methyl sites for hydroxylation is 2. The van der Waals surface area contributed by atoms with Gasteiger partial charge in [0.25, 0.3) is 0 Å². The van der Waals surface area contributed by atoms with E-state index >= 15 is 0 Å². The van der Waals surface area contributed by atoms with Crippen LogP contribution >= 0.6 is 0 Å². The summed E-state index contributed by atoms with van der Waals surface area (Å²) in [5.74, 6) is -0.895. The van der Waals surface area contributed by atoms with Crippen LogP contribution in [-0.2, 0) is 23.9 Å². The summed E-state index contributed by atoms with van der Waals surface area (Å²) in [5.41, 5.74) is 3.21. The molecule has 0 saturated heterocycles. The van der Waals surface area contributed by atoms with E-state index in [9.17, 15) is 23.1 Å². The van der Waals surface area contributed by atoms with Gasteiger partial charge in [0.05, 0.1) is 11.5 Å². The number of aliphatic hydroxyl groups excluding tert-OH is 1. The number of hydrogen-bond acceptors (Lipinski definition) is 3. The van der Waals surface area contributed by atoms with E-state index < -0.39 is 17.7 Å². The predicted octanol–water partition coefficient (Wildman–Crippen LogP) is 4.57. The molecule has 3 rings (SSSR count). The van der Waals surface area contributed by atoms with Gasteiger partial charge in [-0.25, -0.2) is 0 Å². The molecule has 0 aromatic heterocycles. The minimum absolute atomic E-state index is 0.106. The number of fused-ring (bicyclic) bond motifs is 1. The summed E-state index contributed by atoms with van der Waals surface area (Å²) in [5, 5.41) is 12.0. The molecule has 1 unspecified atom stereocenters. The third-order valence-corrected chi connectivity index (χ3v) is 5.59. The molecule has 0 spiro atoms. The molecule has 1 aliphatic heterocycles. The van der Waals surface area contributed by atoms with Crippen LogP contribution < -0.4 is 5.32 Å². The first-order chi connectivity index (χ1) is 15.2. The van der Waals surface area contributed by atoms with Crippen molar-refractivity contribution in [3.8, 4) is 12.8 Å². The molecule has 0 fully saturated rings. The van der Waals surface area contributed by atoms with Crippen LogP contribution in [0.15, 0.2) is 36.4 Å². The van der Waals surface area contributed by atoms with Crippen molar-refractivity contribution >= 4 is 11.6 Å². The Morgan fingerprint density at radius 2 is 1.88 bits per heavy atom. The van der Waals surface area contributed by atoms with Crippen molar-refractivity contribution in [2.75, 3.05) is 25.0 Å². The maximum Gasteiger partial charge on any atom is 0.416 e. The van der Waals surface area contributed by atoms with Crippen LogP contribution in [0.2, 0.25) is 0 Å². The molecule has 2 aromatic rings. The van der Waals surface area contributed by atoms with Gasteiger partial charge in [0.15, 0.2) is 0 Å². The van der Waals surface area contributed by atoms with Gasteiger partial charge in [-0.2, -0.15) is 13.2 Å². The topological polar surface area (TPSA) is 52.6 Å². The Labute approximate surface area is 187 Å². The van der Waals surface area contributed by atoms with Gasteiger partial charge in [-0.15, -0.1) is 12.8 Å². The highest BCUT2D eigenvalue weighted by Gasteiger charge is 2.33.